The Bertz CT molecular complexity index is 830. The van der Waals surface area contributed by atoms with Gasteiger partial charge >= 0.3 is 0 Å². The van der Waals surface area contributed by atoms with Gasteiger partial charge in [0, 0.05) is 10.2 Å². The van der Waals surface area contributed by atoms with Crippen LogP contribution >= 0.6 is 31.9 Å². The summed E-state index contributed by atoms with van der Waals surface area (Å²) in [6.45, 7) is 1.98. The Labute approximate surface area is 140 Å². The van der Waals surface area contributed by atoms with Crippen molar-refractivity contribution in [3.8, 4) is 11.5 Å². The van der Waals surface area contributed by atoms with Gasteiger partial charge in [-0.2, -0.15) is 0 Å². The van der Waals surface area contributed by atoms with Gasteiger partial charge in [-0.15, -0.1) is 0 Å². The Morgan fingerprint density at radius 2 is 1.67 bits per heavy atom. The van der Waals surface area contributed by atoms with Crippen molar-refractivity contribution in [3.63, 3.8) is 0 Å². The van der Waals surface area contributed by atoms with Crippen LogP contribution in [0.1, 0.15) is 5.56 Å². The molecule has 0 radical (unpaired) electrons. The summed E-state index contributed by atoms with van der Waals surface area (Å²) >= 11 is 7.13. The predicted octanol–water partition coefficient (Wildman–Crippen LogP) is 6.05. The quantitative estimate of drug-likeness (QED) is 0.526. The molecule has 0 aromatic heterocycles. The van der Waals surface area contributed by atoms with Gasteiger partial charge in [-0.25, -0.2) is 0 Å². The number of fused-ring (bicyclic) bond motifs is 1. The maximum atomic E-state index is 6.02. The second-order valence-electron chi connectivity index (χ2n) is 4.87. The summed E-state index contributed by atoms with van der Waals surface area (Å²) in [5.74, 6) is 1.60. The monoisotopic (exact) mass is 405 g/mol. The zero-order valence-corrected chi connectivity index (χ0v) is 14.5. The lowest BCUT2D eigenvalue weighted by atomic mass is 10.1. The van der Waals surface area contributed by atoms with Gasteiger partial charge in [0.15, 0.2) is 0 Å². The average molecular weight is 407 g/mol. The highest BCUT2D eigenvalue weighted by Crippen LogP contribution is 2.37. The summed E-state index contributed by atoms with van der Waals surface area (Å²) in [7, 11) is 0. The van der Waals surface area contributed by atoms with E-state index in [2.05, 4.69) is 44.0 Å². The number of rotatable bonds is 2. The lowest BCUT2D eigenvalue weighted by Crippen LogP contribution is -1.91. The molecule has 4 heteroatoms. The van der Waals surface area contributed by atoms with Crippen LogP contribution in [0.5, 0.6) is 11.5 Å². The third kappa shape index (κ3) is 2.92. The number of anilines is 1. The maximum Gasteiger partial charge on any atom is 0.142 e. The zero-order chi connectivity index (χ0) is 15.0. The van der Waals surface area contributed by atoms with Crippen LogP contribution < -0.4 is 10.5 Å². The lowest BCUT2D eigenvalue weighted by Gasteiger charge is -2.12. The fourth-order valence-electron chi connectivity index (χ4n) is 2.23. The first kappa shape index (κ1) is 14.4. The van der Waals surface area contributed by atoms with Gasteiger partial charge in [0.25, 0.3) is 0 Å². The number of nitrogens with two attached hydrogens (primary N) is 1. The molecule has 0 bridgehead atoms. The van der Waals surface area contributed by atoms with Crippen molar-refractivity contribution < 1.29 is 4.74 Å². The van der Waals surface area contributed by atoms with E-state index in [1.807, 2.05) is 43.3 Å². The molecular weight excluding hydrogens is 394 g/mol. The van der Waals surface area contributed by atoms with Gasteiger partial charge in [0.1, 0.15) is 11.5 Å². The Balaban J connectivity index is 2.05. The third-order valence-corrected chi connectivity index (χ3v) is 4.61. The van der Waals surface area contributed by atoms with Gasteiger partial charge in [-0.05, 0) is 75.6 Å². The Morgan fingerprint density at radius 3 is 2.43 bits per heavy atom. The minimum atomic E-state index is 0.738. The molecule has 3 aromatic rings. The summed E-state index contributed by atoms with van der Waals surface area (Å²) in [5.41, 5.74) is 7.52. The van der Waals surface area contributed by atoms with Crippen molar-refractivity contribution >= 4 is 48.3 Å². The molecule has 106 valence electrons. The molecular formula is C17H13Br2NO. The number of aryl methyl sites for hydroxylation is 1. The van der Waals surface area contributed by atoms with E-state index in [1.165, 1.54) is 0 Å². The van der Waals surface area contributed by atoms with Crippen LogP contribution in [0.3, 0.4) is 0 Å². The molecule has 0 heterocycles. The van der Waals surface area contributed by atoms with Crippen LogP contribution in [0.4, 0.5) is 5.69 Å². The van der Waals surface area contributed by atoms with Gasteiger partial charge in [0.05, 0.1) is 4.47 Å². The number of benzene rings is 3. The second kappa shape index (κ2) is 5.70. The lowest BCUT2D eigenvalue weighted by molar-refractivity contribution is 0.477. The van der Waals surface area contributed by atoms with Gasteiger partial charge < -0.3 is 10.5 Å². The highest BCUT2D eigenvalue weighted by atomic mass is 79.9. The van der Waals surface area contributed by atoms with E-state index in [4.69, 9.17) is 10.5 Å². The number of ether oxygens (including phenoxy) is 1. The molecule has 2 nitrogen and oxygen atoms in total. The second-order valence-corrected chi connectivity index (χ2v) is 6.58. The summed E-state index contributed by atoms with van der Waals surface area (Å²) in [6, 6.07) is 15.8. The van der Waals surface area contributed by atoms with Crippen LogP contribution in [0.25, 0.3) is 10.8 Å². The van der Waals surface area contributed by atoms with E-state index in [-0.39, 0.29) is 0 Å². The smallest absolute Gasteiger partial charge is 0.142 e. The normalized spacial score (nSPS) is 10.8. The molecule has 0 saturated carbocycles. The minimum Gasteiger partial charge on any atom is -0.456 e. The van der Waals surface area contributed by atoms with Crippen molar-refractivity contribution in [1.29, 1.82) is 0 Å². The zero-order valence-electron chi connectivity index (χ0n) is 11.4. The van der Waals surface area contributed by atoms with Crippen LogP contribution in [0, 0.1) is 6.92 Å². The summed E-state index contributed by atoms with van der Waals surface area (Å²) < 4.78 is 8.03. The summed E-state index contributed by atoms with van der Waals surface area (Å²) in [6.07, 6.45) is 0. The average Bonchev–Trinajstić information content (AvgIpc) is 2.44. The summed E-state index contributed by atoms with van der Waals surface area (Å²) in [4.78, 5) is 0. The van der Waals surface area contributed by atoms with Crippen molar-refractivity contribution in [2.24, 2.45) is 0 Å². The fourth-order valence-corrected chi connectivity index (χ4v) is 3.18. The highest BCUT2D eigenvalue weighted by molar-refractivity contribution is 9.11. The summed E-state index contributed by atoms with van der Waals surface area (Å²) in [5, 5.41) is 2.27. The number of nitrogen functional groups attached to an aromatic ring is 1. The van der Waals surface area contributed by atoms with E-state index >= 15 is 0 Å². The molecule has 3 aromatic carbocycles. The predicted molar refractivity (Wildman–Crippen MR) is 95.0 cm³/mol. The largest absolute Gasteiger partial charge is 0.456 e. The first-order valence-corrected chi connectivity index (χ1v) is 8.05. The topological polar surface area (TPSA) is 35.2 Å². The van der Waals surface area contributed by atoms with Gasteiger partial charge in [0.2, 0.25) is 0 Å². The molecule has 0 aliphatic carbocycles. The molecule has 0 amide bonds. The first-order chi connectivity index (χ1) is 10.0. The molecule has 0 aliphatic rings. The molecule has 0 unspecified atom stereocenters. The number of halogens is 2. The van der Waals surface area contributed by atoms with Crippen molar-refractivity contribution in [3.05, 3.63) is 63.0 Å². The first-order valence-electron chi connectivity index (χ1n) is 6.46. The van der Waals surface area contributed by atoms with Crippen LogP contribution in [-0.2, 0) is 0 Å². The Morgan fingerprint density at radius 1 is 0.905 bits per heavy atom. The van der Waals surface area contributed by atoms with Crippen molar-refractivity contribution in [1.82, 2.24) is 0 Å². The standard InChI is InChI=1S/C17H13Br2NO/c1-10-8-13(20)4-7-15(10)21-16-6-2-11-9-12(18)3-5-14(11)17(16)19/h2-9H,20H2,1H3. The molecule has 21 heavy (non-hydrogen) atoms. The third-order valence-electron chi connectivity index (χ3n) is 3.30. The van der Waals surface area contributed by atoms with Crippen LogP contribution in [-0.4, -0.2) is 0 Å². The fraction of sp³-hybridized carbons (Fsp3) is 0.0588. The Kier molecular flexibility index (Phi) is 3.91. The number of hydrogen-bond donors (Lipinski definition) is 1. The molecule has 0 fully saturated rings. The van der Waals surface area contributed by atoms with E-state index in [9.17, 15) is 0 Å². The van der Waals surface area contributed by atoms with E-state index in [1.54, 1.807) is 0 Å². The van der Waals surface area contributed by atoms with Crippen molar-refractivity contribution in [2.75, 3.05) is 5.73 Å². The van der Waals surface area contributed by atoms with Gasteiger partial charge in [-0.1, -0.05) is 28.1 Å². The Hall–Kier alpha value is -1.52. The molecule has 3 rings (SSSR count). The van der Waals surface area contributed by atoms with Crippen molar-refractivity contribution in [2.45, 2.75) is 6.92 Å². The number of hydrogen-bond acceptors (Lipinski definition) is 2. The van der Waals surface area contributed by atoms with Crippen LogP contribution in [0.2, 0.25) is 0 Å². The van der Waals surface area contributed by atoms with E-state index in [0.29, 0.717) is 0 Å². The molecule has 0 atom stereocenters. The van der Waals surface area contributed by atoms with E-state index < -0.39 is 0 Å². The van der Waals surface area contributed by atoms with E-state index in [0.717, 1.165) is 42.5 Å². The van der Waals surface area contributed by atoms with Gasteiger partial charge in [-0.3, -0.25) is 0 Å². The molecule has 0 aliphatic heterocycles. The SMILES string of the molecule is Cc1cc(N)ccc1Oc1ccc2cc(Br)ccc2c1Br. The molecule has 0 spiro atoms. The highest BCUT2D eigenvalue weighted by Gasteiger charge is 2.09. The minimum absolute atomic E-state index is 0.738. The molecule has 0 saturated heterocycles. The van der Waals surface area contributed by atoms with Crippen LogP contribution in [0.15, 0.2) is 57.5 Å². The maximum absolute atomic E-state index is 6.02. The molecule has 2 N–H and O–H groups in total.